The molecule has 2 heterocycles. The predicted molar refractivity (Wildman–Crippen MR) is 140 cm³/mol. The lowest BCUT2D eigenvalue weighted by molar-refractivity contribution is 0.301. The average molecular weight is 539 g/mol. The molecule has 0 saturated carbocycles. The Balaban J connectivity index is 1.70. The Morgan fingerprint density at radius 3 is 2.47 bits per heavy atom. The van der Waals surface area contributed by atoms with Crippen LogP contribution in [-0.4, -0.2) is 15.2 Å². The zero-order valence-corrected chi connectivity index (χ0v) is 21.7. The lowest BCUT2D eigenvalue weighted by Crippen LogP contribution is -2.06. The van der Waals surface area contributed by atoms with Crippen LogP contribution < -0.4 is 4.74 Å². The van der Waals surface area contributed by atoms with Gasteiger partial charge in [0.15, 0.2) is 0 Å². The molecule has 4 nitrogen and oxygen atoms in total. The fourth-order valence-corrected chi connectivity index (χ4v) is 4.89. The van der Waals surface area contributed by atoms with Gasteiger partial charge in [0.1, 0.15) is 12.4 Å². The largest absolute Gasteiger partial charge is 0.489 e. The van der Waals surface area contributed by atoms with E-state index in [2.05, 4.69) is 111 Å². The highest BCUT2D eigenvalue weighted by molar-refractivity contribution is 14.1. The molecule has 0 aliphatic heterocycles. The van der Waals surface area contributed by atoms with Crippen molar-refractivity contribution >= 4 is 33.5 Å². The number of fused-ring (bicyclic) bond motifs is 1. The summed E-state index contributed by atoms with van der Waals surface area (Å²) < 4.78 is 7.45. The minimum absolute atomic E-state index is 0.392. The van der Waals surface area contributed by atoms with E-state index in [9.17, 15) is 0 Å². The Morgan fingerprint density at radius 2 is 1.78 bits per heavy atom. The SMILES string of the molecule is Cc1ccc(C(C)C)cc1OCc1c(I)cc(-c2c(C(C)C)ccc3[nH]ncc23)nc1C. The number of ether oxygens (including phenoxy) is 1. The van der Waals surface area contributed by atoms with E-state index in [-0.39, 0.29) is 0 Å². The summed E-state index contributed by atoms with van der Waals surface area (Å²) in [4.78, 5) is 5.03. The summed E-state index contributed by atoms with van der Waals surface area (Å²) in [7, 11) is 0. The van der Waals surface area contributed by atoms with Gasteiger partial charge in [0.2, 0.25) is 0 Å². The molecule has 0 aliphatic carbocycles. The monoisotopic (exact) mass is 539 g/mol. The minimum atomic E-state index is 0.392. The number of pyridine rings is 1. The lowest BCUT2D eigenvalue weighted by Gasteiger charge is -2.17. The zero-order chi connectivity index (χ0) is 23.0. The molecule has 4 rings (SSSR count). The molecule has 0 aliphatic rings. The second-order valence-corrected chi connectivity index (χ2v) is 10.2. The van der Waals surface area contributed by atoms with Gasteiger partial charge in [0.25, 0.3) is 0 Å². The Bertz CT molecular complexity index is 1250. The van der Waals surface area contributed by atoms with Crippen LogP contribution in [0.4, 0.5) is 0 Å². The smallest absolute Gasteiger partial charge is 0.123 e. The highest BCUT2D eigenvalue weighted by Crippen LogP contribution is 2.36. The number of rotatable bonds is 6. The number of benzene rings is 2. The number of hydrogen-bond acceptors (Lipinski definition) is 3. The van der Waals surface area contributed by atoms with E-state index in [1.807, 2.05) is 6.20 Å². The number of H-pyrrole nitrogens is 1. The minimum Gasteiger partial charge on any atom is -0.489 e. The molecule has 4 aromatic rings. The van der Waals surface area contributed by atoms with Crippen LogP contribution in [0.1, 0.15) is 67.5 Å². The summed E-state index contributed by atoms with van der Waals surface area (Å²) >= 11 is 2.42. The topological polar surface area (TPSA) is 50.8 Å². The first-order chi connectivity index (χ1) is 15.3. The van der Waals surface area contributed by atoms with Crippen LogP contribution in [0.5, 0.6) is 5.75 Å². The van der Waals surface area contributed by atoms with Crippen LogP contribution in [0.3, 0.4) is 0 Å². The third kappa shape index (κ3) is 4.40. The summed E-state index contributed by atoms with van der Waals surface area (Å²) in [6, 6.07) is 13.0. The molecule has 0 unspecified atom stereocenters. The molecule has 166 valence electrons. The normalized spacial score (nSPS) is 11.7. The molecule has 0 bridgehead atoms. The number of halogens is 1. The van der Waals surface area contributed by atoms with Gasteiger partial charge >= 0.3 is 0 Å². The van der Waals surface area contributed by atoms with Crippen molar-refractivity contribution in [2.75, 3.05) is 0 Å². The van der Waals surface area contributed by atoms with Crippen LogP contribution in [0, 0.1) is 17.4 Å². The molecule has 32 heavy (non-hydrogen) atoms. The van der Waals surface area contributed by atoms with Crippen molar-refractivity contribution in [1.82, 2.24) is 15.2 Å². The molecule has 0 radical (unpaired) electrons. The third-order valence-electron chi connectivity index (χ3n) is 6.06. The Hall–Kier alpha value is -2.41. The first kappa shape index (κ1) is 22.8. The van der Waals surface area contributed by atoms with Gasteiger partial charge < -0.3 is 4.74 Å². The van der Waals surface area contributed by atoms with Crippen molar-refractivity contribution in [2.45, 2.75) is 60.0 Å². The van der Waals surface area contributed by atoms with Crippen molar-refractivity contribution < 1.29 is 4.74 Å². The van der Waals surface area contributed by atoms with Gasteiger partial charge in [-0.25, -0.2) is 0 Å². The van der Waals surface area contributed by atoms with Crippen molar-refractivity contribution in [1.29, 1.82) is 0 Å². The maximum atomic E-state index is 6.28. The van der Waals surface area contributed by atoms with Gasteiger partial charge in [-0.3, -0.25) is 10.1 Å². The van der Waals surface area contributed by atoms with Crippen LogP contribution >= 0.6 is 22.6 Å². The first-order valence-corrected chi connectivity index (χ1v) is 12.2. The second-order valence-electron chi connectivity index (χ2n) is 9.04. The molecule has 1 N–H and O–H groups in total. The highest BCUT2D eigenvalue weighted by Gasteiger charge is 2.18. The molecule has 0 atom stereocenters. The number of nitrogens with zero attached hydrogens (tertiary/aromatic N) is 2. The maximum absolute atomic E-state index is 6.28. The van der Waals surface area contributed by atoms with Crippen LogP contribution in [-0.2, 0) is 6.61 Å². The zero-order valence-electron chi connectivity index (χ0n) is 19.6. The number of nitrogens with one attached hydrogen (secondary N) is 1. The van der Waals surface area contributed by atoms with Crippen LogP contribution in [0.25, 0.3) is 22.2 Å². The van der Waals surface area contributed by atoms with Gasteiger partial charge in [-0.05, 0) is 83.2 Å². The molecule has 5 heteroatoms. The Morgan fingerprint density at radius 1 is 1.00 bits per heavy atom. The van der Waals surface area contributed by atoms with Crippen molar-refractivity contribution in [3.05, 3.63) is 74.1 Å². The predicted octanol–water partition coefficient (Wildman–Crippen LogP) is 7.67. The van der Waals surface area contributed by atoms with Crippen LogP contribution in [0.15, 0.2) is 42.6 Å². The molecular formula is C27H30IN3O. The average Bonchev–Trinajstić information content (AvgIpc) is 3.22. The Labute approximate surface area is 204 Å². The fourth-order valence-electron chi connectivity index (χ4n) is 4.04. The van der Waals surface area contributed by atoms with E-state index in [1.54, 1.807) is 0 Å². The van der Waals surface area contributed by atoms with Crippen molar-refractivity contribution in [2.24, 2.45) is 0 Å². The van der Waals surface area contributed by atoms with Gasteiger partial charge in [0.05, 0.1) is 17.4 Å². The molecule has 0 fully saturated rings. The summed E-state index contributed by atoms with van der Waals surface area (Å²) in [5.74, 6) is 1.81. The molecule has 0 saturated heterocycles. The molecule has 0 amide bonds. The van der Waals surface area contributed by atoms with Crippen LogP contribution in [0.2, 0.25) is 0 Å². The van der Waals surface area contributed by atoms with Gasteiger partial charge in [0, 0.05) is 25.8 Å². The van der Waals surface area contributed by atoms with E-state index >= 15 is 0 Å². The van der Waals surface area contributed by atoms with Gasteiger partial charge in [-0.2, -0.15) is 5.10 Å². The fraction of sp³-hybridized carbons (Fsp3) is 0.333. The van der Waals surface area contributed by atoms with Crippen molar-refractivity contribution in [3.63, 3.8) is 0 Å². The van der Waals surface area contributed by atoms with Crippen molar-refractivity contribution in [3.8, 4) is 17.0 Å². The number of aromatic amines is 1. The molecular weight excluding hydrogens is 509 g/mol. The van der Waals surface area contributed by atoms with E-state index in [1.165, 1.54) is 16.7 Å². The standard InChI is InChI=1S/C27H30IN3O/c1-15(2)19-8-7-17(5)26(11-19)32-14-22-18(6)30-25(12-23(22)28)27-20(16(3)4)9-10-24-21(27)13-29-31-24/h7-13,15-16H,14H2,1-6H3,(H,29,31). The quantitative estimate of drug-likeness (QED) is 0.256. The second kappa shape index (κ2) is 9.22. The van der Waals surface area contributed by atoms with E-state index < -0.39 is 0 Å². The van der Waals surface area contributed by atoms with E-state index in [0.29, 0.717) is 18.4 Å². The molecule has 2 aromatic carbocycles. The summed E-state index contributed by atoms with van der Waals surface area (Å²) in [5.41, 5.74) is 9.05. The van der Waals surface area contributed by atoms with E-state index in [0.717, 1.165) is 42.7 Å². The van der Waals surface area contributed by atoms with E-state index in [4.69, 9.17) is 9.72 Å². The highest BCUT2D eigenvalue weighted by atomic mass is 127. The number of hydrogen-bond donors (Lipinski definition) is 1. The van der Waals surface area contributed by atoms with Gasteiger partial charge in [-0.1, -0.05) is 45.9 Å². The first-order valence-electron chi connectivity index (χ1n) is 11.1. The Kier molecular flexibility index (Phi) is 6.56. The molecule has 2 aromatic heterocycles. The lowest BCUT2D eigenvalue weighted by atomic mass is 9.92. The number of aryl methyl sites for hydroxylation is 2. The number of aromatic nitrogens is 3. The summed E-state index contributed by atoms with van der Waals surface area (Å²) in [6.07, 6.45) is 1.90. The molecule has 0 spiro atoms. The maximum Gasteiger partial charge on any atom is 0.123 e. The van der Waals surface area contributed by atoms with Gasteiger partial charge in [-0.15, -0.1) is 0 Å². The summed E-state index contributed by atoms with van der Waals surface area (Å²) in [5, 5.41) is 8.47. The third-order valence-corrected chi connectivity index (χ3v) is 7.02. The summed E-state index contributed by atoms with van der Waals surface area (Å²) in [6.45, 7) is 13.5.